The maximum absolute atomic E-state index is 5.41. The van der Waals surface area contributed by atoms with Gasteiger partial charge < -0.3 is 0 Å². The lowest BCUT2D eigenvalue weighted by atomic mass is 9.94. The molecule has 0 atom stereocenters. The summed E-state index contributed by atoms with van der Waals surface area (Å²) in [4.78, 5) is 28.1. The van der Waals surface area contributed by atoms with E-state index in [2.05, 4.69) is 111 Å². The minimum atomic E-state index is 0.840. The SMILES string of the molecule is c1cncc(-c2cc(-c3cccnc3)cc(-c3cc(-c4nc5ccccc5s4)cc(-c4cc(-c5cccnc5)cc(-c5cccnc5)c4)n3)c2)c1. The van der Waals surface area contributed by atoms with Gasteiger partial charge in [-0.1, -0.05) is 36.4 Å². The Morgan fingerprint density at radius 2 is 0.745 bits per heavy atom. The molecule has 9 aromatic rings. The highest BCUT2D eigenvalue weighted by atomic mass is 32.1. The summed E-state index contributed by atoms with van der Waals surface area (Å²) in [6.07, 6.45) is 14.8. The van der Waals surface area contributed by atoms with E-state index in [1.54, 1.807) is 36.1 Å². The first-order valence-electron chi connectivity index (χ1n) is 16.5. The molecule has 6 aromatic heterocycles. The second-order valence-corrected chi connectivity index (χ2v) is 13.2. The predicted molar refractivity (Wildman–Crippen MR) is 207 cm³/mol. The first-order valence-corrected chi connectivity index (χ1v) is 17.4. The smallest absolute Gasteiger partial charge is 0.124 e. The van der Waals surface area contributed by atoms with Crippen LogP contribution in [0.5, 0.6) is 0 Å². The Morgan fingerprint density at radius 3 is 1.14 bits per heavy atom. The van der Waals surface area contributed by atoms with Crippen LogP contribution in [0.1, 0.15) is 0 Å². The highest BCUT2D eigenvalue weighted by Crippen LogP contribution is 2.39. The molecule has 0 saturated heterocycles. The van der Waals surface area contributed by atoms with Crippen molar-refractivity contribution in [2.75, 3.05) is 0 Å². The Hall–Kier alpha value is -6.70. The molecule has 0 N–H and O–H groups in total. The largest absolute Gasteiger partial charge is 0.264 e. The number of hydrogen-bond acceptors (Lipinski definition) is 7. The topological polar surface area (TPSA) is 77.3 Å². The Kier molecular flexibility index (Phi) is 7.92. The van der Waals surface area contributed by atoms with Crippen LogP contribution in [0, 0.1) is 0 Å². The normalized spacial score (nSPS) is 11.1. The predicted octanol–water partition coefficient (Wildman–Crippen LogP) is 10.9. The molecule has 0 amide bonds. The molecule has 0 unspecified atom stereocenters. The number of para-hydroxylation sites is 1. The average Bonchev–Trinajstić information content (AvgIpc) is 3.66. The quantitative estimate of drug-likeness (QED) is 0.168. The maximum Gasteiger partial charge on any atom is 0.124 e. The first kappa shape index (κ1) is 30.4. The summed E-state index contributed by atoms with van der Waals surface area (Å²) in [5.74, 6) is 0. The molecule has 0 fully saturated rings. The molecule has 9 rings (SSSR count). The molecule has 3 aromatic carbocycles. The van der Waals surface area contributed by atoms with Crippen LogP contribution >= 0.6 is 11.3 Å². The van der Waals surface area contributed by atoms with Gasteiger partial charge in [0.1, 0.15) is 5.01 Å². The van der Waals surface area contributed by atoms with Crippen molar-refractivity contribution in [2.45, 2.75) is 0 Å². The van der Waals surface area contributed by atoms with Crippen molar-refractivity contribution < 1.29 is 0 Å². The first-order chi connectivity index (χ1) is 25.2. The van der Waals surface area contributed by atoms with Crippen LogP contribution in [0.3, 0.4) is 0 Å². The third-order valence-corrected chi connectivity index (χ3v) is 9.89. The number of benzene rings is 3. The fraction of sp³-hybridized carbons (Fsp3) is 0. The van der Waals surface area contributed by atoms with E-state index >= 15 is 0 Å². The highest BCUT2D eigenvalue weighted by Gasteiger charge is 2.16. The van der Waals surface area contributed by atoms with E-state index in [0.29, 0.717) is 0 Å². The molecular weight excluding hydrogens is 645 g/mol. The molecule has 0 radical (unpaired) electrons. The van der Waals surface area contributed by atoms with Gasteiger partial charge in [0.15, 0.2) is 0 Å². The minimum Gasteiger partial charge on any atom is -0.264 e. The van der Waals surface area contributed by atoms with Gasteiger partial charge in [-0.05, 0) is 107 Å². The zero-order valence-electron chi connectivity index (χ0n) is 27.3. The Labute approximate surface area is 298 Å². The molecule has 7 heteroatoms. The molecule has 240 valence electrons. The van der Waals surface area contributed by atoms with Gasteiger partial charge in [-0.25, -0.2) is 9.97 Å². The fourth-order valence-corrected chi connectivity index (χ4v) is 7.25. The van der Waals surface area contributed by atoms with Gasteiger partial charge in [0.05, 0.1) is 21.6 Å². The number of thiazole rings is 1. The number of fused-ring (bicyclic) bond motifs is 1. The van der Waals surface area contributed by atoms with Gasteiger partial charge in [0, 0.05) is 88.5 Å². The van der Waals surface area contributed by atoms with E-state index in [1.807, 2.05) is 55.1 Å². The second-order valence-electron chi connectivity index (χ2n) is 12.2. The summed E-state index contributed by atoms with van der Waals surface area (Å²) in [7, 11) is 0. The molecule has 0 saturated carbocycles. The molecule has 0 spiro atoms. The van der Waals surface area contributed by atoms with E-state index in [1.165, 1.54) is 0 Å². The van der Waals surface area contributed by atoms with Crippen LogP contribution in [0.4, 0.5) is 0 Å². The highest BCUT2D eigenvalue weighted by molar-refractivity contribution is 7.21. The molecule has 0 bridgehead atoms. The van der Waals surface area contributed by atoms with Crippen LogP contribution < -0.4 is 0 Å². The van der Waals surface area contributed by atoms with Crippen molar-refractivity contribution in [3.05, 3.63) is 171 Å². The van der Waals surface area contributed by atoms with Gasteiger partial charge in [0.25, 0.3) is 0 Å². The zero-order chi connectivity index (χ0) is 34.0. The Morgan fingerprint density at radius 1 is 0.333 bits per heavy atom. The monoisotopic (exact) mass is 672 g/mol. The summed E-state index contributed by atoms with van der Waals surface area (Å²) in [6.45, 7) is 0. The van der Waals surface area contributed by atoms with Crippen molar-refractivity contribution in [3.63, 3.8) is 0 Å². The molecular formula is C44H28N6S. The van der Waals surface area contributed by atoms with Gasteiger partial charge in [-0.15, -0.1) is 11.3 Å². The molecule has 0 aliphatic rings. The average molecular weight is 673 g/mol. The van der Waals surface area contributed by atoms with E-state index in [0.717, 1.165) is 87.8 Å². The molecule has 6 nitrogen and oxygen atoms in total. The third-order valence-electron chi connectivity index (χ3n) is 8.80. The Balaban J connectivity index is 1.29. The van der Waals surface area contributed by atoms with Gasteiger partial charge in [0.2, 0.25) is 0 Å². The van der Waals surface area contributed by atoms with Crippen LogP contribution in [-0.4, -0.2) is 29.9 Å². The summed E-state index contributed by atoms with van der Waals surface area (Å²) in [5, 5.41) is 0.938. The van der Waals surface area contributed by atoms with E-state index < -0.39 is 0 Å². The summed E-state index contributed by atoms with van der Waals surface area (Å²) < 4.78 is 1.14. The lowest BCUT2D eigenvalue weighted by Crippen LogP contribution is -1.94. The molecule has 0 aliphatic carbocycles. The number of aromatic nitrogens is 6. The molecule has 51 heavy (non-hydrogen) atoms. The fourth-order valence-electron chi connectivity index (χ4n) is 6.30. The third kappa shape index (κ3) is 6.30. The summed E-state index contributed by atoms with van der Waals surface area (Å²) in [5.41, 5.74) is 13.9. The lowest BCUT2D eigenvalue weighted by molar-refractivity contribution is 1.30. The van der Waals surface area contributed by atoms with E-state index in [-0.39, 0.29) is 0 Å². The van der Waals surface area contributed by atoms with Crippen molar-refractivity contribution in [3.8, 4) is 77.6 Å². The maximum atomic E-state index is 5.41. The Bertz CT molecular complexity index is 2330. The number of pyridine rings is 5. The van der Waals surface area contributed by atoms with Crippen LogP contribution in [0.2, 0.25) is 0 Å². The van der Waals surface area contributed by atoms with Gasteiger partial charge >= 0.3 is 0 Å². The van der Waals surface area contributed by atoms with E-state index in [4.69, 9.17) is 9.97 Å². The lowest BCUT2D eigenvalue weighted by Gasteiger charge is -2.14. The number of rotatable bonds is 7. The van der Waals surface area contributed by atoms with Crippen molar-refractivity contribution in [1.29, 1.82) is 0 Å². The molecule has 6 heterocycles. The van der Waals surface area contributed by atoms with E-state index in [9.17, 15) is 0 Å². The van der Waals surface area contributed by atoms with Crippen molar-refractivity contribution in [1.82, 2.24) is 29.9 Å². The minimum absolute atomic E-state index is 0.840. The second kappa shape index (κ2) is 13.3. The standard InChI is InChI=1S/C44H28N6S/c1-2-12-43-40(11-1)50-44(51-43)39-23-41(37-19-33(29-7-3-13-45-25-29)17-34(20-37)30-8-4-14-46-26-30)49-42(24-39)38-21-35(31-9-5-15-47-27-31)18-36(22-38)32-10-6-16-48-28-32/h1-28H. The van der Waals surface area contributed by atoms with Crippen molar-refractivity contribution >= 4 is 21.6 Å². The zero-order valence-corrected chi connectivity index (χ0v) is 28.1. The van der Waals surface area contributed by atoms with Crippen molar-refractivity contribution in [2.24, 2.45) is 0 Å². The van der Waals surface area contributed by atoms with Gasteiger partial charge in [-0.2, -0.15) is 0 Å². The van der Waals surface area contributed by atoms with Gasteiger partial charge in [-0.3, -0.25) is 19.9 Å². The number of nitrogens with zero attached hydrogens (tertiary/aromatic N) is 6. The summed E-state index contributed by atoms with van der Waals surface area (Å²) in [6, 6.07) is 41.9. The van der Waals surface area contributed by atoms with Crippen LogP contribution in [0.25, 0.3) is 87.8 Å². The van der Waals surface area contributed by atoms with Crippen LogP contribution in [0.15, 0.2) is 171 Å². The number of hydrogen-bond donors (Lipinski definition) is 0. The summed E-state index contributed by atoms with van der Waals surface area (Å²) >= 11 is 1.69. The van der Waals surface area contributed by atoms with Crippen LogP contribution in [-0.2, 0) is 0 Å². The molecule has 0 aliphatic heterocycles.